The second-order valence-electron chi connectivity index (χ2n) is 9.22. The molecule has 28 heavy (non-hydrogen) atoms. The maximum Gasteiger partial charge on any atom is 0.308 e. The average molecular weight is 409 g/mol. The van der Waals surface area contributed by atoms with Crippen molar-refractivity contribution in [3.8, 4) is 0 Å². The predicted molar refractivity (Wildman–Crippen MR) is 118 cm³/mol. The standard InChI is InChI=1S/C23H40O4Si/c1-19(2)22(24)26-15-9-14-25-16-12-20-10-8-11-21(18-20)13-17-27-28(6,7)23(3,4)5/h8,10-11,18-19H,9,12-17H2,1-7H3. The van der Waals surface area contributed by atoms with Crippen LogP contribution in [0, 0.1) is 5.92 Å². The van der Waals surface area contributed by atoms with Gasteiger partial charge in [-0.1, -0.05) is 58.9 Å². The van der Waals surface area contributed by atoms with Crippen molar-refractivity contribution >= 4 is 14.3 Å². The summed E-state index contributed by atoms with van der Waals surface area (Å²) in [5.74, 6) is -0.213. The zero-order chi connectivity index (χ0) is 21.2. The Morgan fingerprint density at radius 3 is 2.18 bits per heavy atom. The van der Waals surface area contributed by atoms with E-state index in [0.29, 0.717) is 19.8 Å². The Labute approximate surface area is 173 Å². The Morgan fingerprint density at radius 1 is 1.00 bits per heavy atom. The van der Waals surface area contributed by atoms with Gasteiger partial charge in [0.05, 0.1) is 19.1 Å². The van der Waals surface area contributed by atoms with Crippen molar-refractivity contribution in [1.29, 1.82) is 0 Å². The van der Waals surface area contributed by atoms with Crippen LogP contribution in [0.5, 0.6) is 0 Å². The summed E-state index contributed by atoms with van der Waals surface area (Å²) in [5, 5.41) is 0.249. The smallest absolute Gasteiger partial charge is 0.308 e. The molecule has 0 spiro atoms. The molecule has 0 aliphatic heterocycles. The fourth-order valence-electron chi connectivity index (χ4n) is 2.37. The highest BCUT2D eigenvalue weighted by Crippen LogP contribution is 2.36. The SMILES string of the molecule is CC(C)C(=O)OCCCOCCc1cccc(CCO[Si](C)(C)C(C)(C)C)c1. The zero-order valence-electron chi connectivity index (χ0n) is 19.0. The van der Waals surface area contributed by atoms with Crippen LogP contribution < -0.4 is 0 Å². The van der Waals surface area contributed by atoms with Crippen molar-refractivity contribution in [2.24, 2.45) is 5.92 Å². The van der Waals surface area contributed by atoms with E-state index in [1.807, 2.05) is 13.8 Å². The minimum Gasteiger partial charge on any atom is -0.465 e. The van der Waals surface area contributed by atoms with Crippen LogP contribution in [0.25, 0.3) is 0 Å². The first-order valence-electron chi connectivity index (χ1n) is 10.5. The van der Waals surface area contributed by atoms with Crippen LogP contribution in [0.2, 0.25) is 18.1 Å². The van der Waals surface area contributed by atoms with Gasteiger partial charge >= 0.3 is 5.97 Å². The van der Waals surface area contributed by atoms with E-state index in [-0.39, 0.29) is 16.9 Å². The van der Waals surface area contributed by atoms with Crippen LogP contribution in [-0.2, 0) is 31.5 Å². The third-order valence-corrected chi connectivity index (χ3v) is 9.87. The van der Waals surface area contributed by atoms with E-state index in [1.165, 1.54) is 11.1 Å². The van der Waals surface area contributed by atoms with Crippen LogP contribution in [-0.4, -0.2) is 40.7 Å². The summed E-state index contributed by atoms with van der Waals surface area (Å²) >= 11 is 0. The van der Waals surface area contributed by atoms with Crippen molar-refractivity contribution in [3.05, 3.63) is 35.4 Å². The molecule has 0 saturated heterocycles. The molecule has 0 aliphatic carbocycles. The minimum atomic E-state index is -1.67. The maximum absolute atomic E-state index is 11.4. The lowest BCUT2D eigenvalue weighted by Crippen LogP contribution is -2.41. The summed E-state index contributed by atoms with van der Waals surface area (Å²) in [7, 11) is -1.67. The Balaban J connectivity index is 2.26. The number of ether oxygens (including phenoxy) is 2. The van der Waals surface area contributed by atoms with Crippen LogP contribution in [0.4, 0.5) is 0 Å². The Morgan fingerprint density at radius 2 is 1.61 bits per heavy atom. The molecular formula is C23H40O4Si. The van der Waals surface area contributed by atoms with Crippen molar-refractivity contribution in [2.45, 2.75) is 72.0 Å². The maximum atomic E-state index is 11.4. The highest BCUT2D eigenvalue weighted by molar-refractivity contribution is 6.74. The molecule has 160 valence electrons. The van der Waals surface area contributed by atoms with Gasteiger partial charge in [0.1, 0.15) is 0 Å². The van der Waals surface area contributed by atoms with Gasteiger partial charge < -0.3 is 13.9 Å². The first kappa shape index (κ1) is 24.9. The molecule has 4 nitrogen and oxygen atoms in total. The molecule has 0 saturated carbocycles. The number of hydrogen-bond acceptors (Lipinski definition) is 4. The van der Waals surface area contributed by atoms with E-state index in [9.17, 15) is 4.79 Å². The van der Waals surface area contributed by atoms with E-state index in [0.717, 1.165) is 25.9 Å². The topological polar surface area (TPSA) is 44.8 Å². The molecule has 0 fully saturated rings. The van der Waals surface area contributed by atoms with E-state index < -0.39 is 8.32 Å². The number of carbonyl (C=O) groups is 1. The number of rotatable bonds is 12. The van der Waals surface area contributed by atoms with Gasteiger partial charge in [0.2, 0.25) is 0 Å². The molecule has 0 bridgehead atoms. The summed E-state index contributed by atoms with van der Waals surface area (Å²) in [6, 6.07) is 8.68. The monoisotopic (exact) mass is 408 g/mol. The third-order valence-electron chi connectivity index (χ3n) is 5.34. The van der Waals surface area contributed by atoms with E-state index in [1.54, 1.807) is 0 Å². The summed E-state index contributed by atoms with van der Waals surface area (Å²) in [6.45, 7) is 17.6. The van der Waals surface area contributed by atoms with Crippen LogP contribution in [0.3, 0.4) is 0 Å². The van der Waals surface area contributed by atoms with Gasteiger partial charge in [-0.05, 0) is 42.1 Å². The first-order chi connectivity index (χ1) is 13.0. The second kappa shape index (κ2) is 11.7. The van der Waals surface area contributed by atoms with Gasteiger partial charge in [-0.15, -0.1) is 0 Å². The molecular weight excluding hydrogens is 368 g/mol. The zero-order valence-corrected chi connectivity index (χ0v) is 20.0. The molecule has 0 atom stereocenters. The van der Waals surface area contributed by atoms with Gasteiger partial charge in [0, 0.05) is 19.6 Å². The fourth-order valence-corrected chi connectivity index (χ4v) is 3.42. The Kier molecular flexibility index (Phi) is 10.4. The van der Waals surface area contributed by atoms with Crippen molar-refractivity contribution in [3.63, 3.8) is 0 Å². The molecule has 0 aromatic heterocycles. The molecule has 0 radical (unpaired) electrons. The number of carbonyl (C=O) groups excluding carboxylic acids is 1. The lowest BCUT2D eigenvalue weighted by atomic mass is 10.1. The third kappa shape index (κ3) is 9.35. The van der Waals surface area contributed by atoms with E-state index >= 15 is 0 Å². The average Bonchev–Trinajstić information content (AvgIpc) is 2.60. The molecule has 0 amide bonds. The molecule has 0 N–H and O–H groups in total. The second-order valence-corrected chi connectivity index (χ2v) is 14.0. The molecule has 0 aliphatic rings. The highest BCUT2D eigenvalue weighted by atomic mass is 28.4. The van der Waals surface area contributed by atoms with Crippen LogP contribution in [0.15, 0.2) is 24.3 Å². The van der Waals surface area contributed by atoms with Crippen LogP contribution in [0.1, 0.15) is 52.2 Å². The fraction of sp³-hybridized carbons (Fsp3) is 0.696. The number of hydrogen-bond donors (Lipinski definition) is 0. The molecule has 5 heteroatoms. The highest BCUT2D eigenvalue weighted by Gasteiger charge is 2.36. The molecule has 0 unspecified atom stereocenters. The summed E-state index contributed by atoms with van der Waals surface area (Å²) in [6.07, 6.45) is 2.58. The van der Waals surface area contributed by atoms with Gasteiger partial charge in [0.25, 0.3) is 0 Å². The summed E-state index contributed by atoms with van der Waals surface area (Å²) < 4.78 is 17.1. The minimum absolute atomic E-state index is 0.0690. The van der Waals surface area contributed by atoms with E-state index in [2.05, 4.69) is 58.1 Å². The van der Waals surface area contributed by atoms with Gasteiger partial charge in [-0.2, -0.15) is 0 Å². The summed E-state index contributed by atoms with van der Waals surface area (Å²) in [5.41, 5.74) is 2.60. The van der Waals surface area contributed by atoms with Crippen LogP contribution >= 0.6 is 0 Å². The Hall–Kier alpha value is -1.17. The largest absolute Gasteiger partial charge is 0.465 e. The lowest BCUT2D eigenvalue weighted by Gasteiger charge is -2.36. The number of benzene rings is 1. The Bertz CT molecular complexity index is 591. The van der Waals surface area contributed by atoms with Crippen molar-refractivity contribution in [2.75, 3.05) is 26.4 Å². The van der Waals surface area contributed by atoms with Gasteiger partial charge in [-0.3, -0.25) is 4.79 Å². The molecule has 0 heterocycles. The van der Waals surface area contributed by atoms with Crippen molar-refractivity contribution in [1.82, 2.24) is 0 Å². The molecule has 1 aromatic carbocycles. The summed E-state index contributed by atoms with van der Waals surface area (Å²) in [4.78, 5) is 11.4. The molecule has 1 rings (SSSR count). The van der Waals surface area contributed by atoms with E-state index in [4.69, 9.17) is 13.9 Å². The predicted octanol–water partition coefficient (Wildman–Crippen LogP) is 5.40. The first-order valence-corrected chi connectivity index (χ1v) is 13.4. The molecule has 1 aromatic rings. The van der Waals surface area contributed by atoms with Gasteiger partial charge in [0.15, 0.2) is 8.32 Å². The lowest BCUT2D eigenvalue weighted by molar-refractivity contribution is -0.147. The van der Waals surface area contributed by atoms with Gasteiger partial charge in [-0.25, -0.2) is 0 Å². The number of esters is 1. The quantitative estimate of drug-likeness (QED) is 0.264. The normalized spacial score (nSPS) is 12.4. The van der Waals surface area contributed by atoms with Crippen molar-refractivity contribution < 1.29 is 18.7 Å².